The summed E-state index contributed by atoms with van der Waals surface area (Å²) < 4.78 is 3.55. The average Bonchev–Trinajstić information content (AvgIpc) is 3.62. The van der Waals surface area contributed by atoms with Gasteiger partial charge in [-0.15, -0.1) is 0 Å². The molecule has 40 heavy (non-hydrogen) atoms. The van der Waals surface area contributed by atoms with Gasteiger partial charge in [0.15, 0.2) is 0 Å². The summed E-state index contributed by atoms with van der Waals surface area (Å²) in [6.07, 6.45) is 8.83. The second-order valence-corrected chi connectivity index (χ2v) is 10.1. The Morgan fingerprint density at radius 3 is 2.77 bits per heavy atom. The van der Waals surface area contributed by atoms with Crippen LogP contribution >= 0.6 is 0 Å². The highest BCUT2D eigenvalue weighted by atomic mass is 16.3. The normalized spacial score (nSPS) is 20.3. The number of benzene rings is 2. The van der Waals surface area contributed by atoms with Crippen LogP contribution in [0.25, 0.3) is 16.5 Å². The van der Waals surface area contributed by atoms with Crippen molar-refractivity contribution in [2.24, 2.45) is 10.7 Å². The number of allylic oxidation sites excluding steroid dienone is 1. The summed E-state index contributed by atoms with van der Waals surface area (Å²) in [4.78, 5) is 18.8. The molecule has 9 nitrogen and oxygen atoms in total. The van der Waals surface area contributed by atoms with Crippen LogP contribution in [-0.2, 0) is 13.0 Å². The highest BCUT2D eigenvalue weighted by Gasteiger charge is 2.35. The third-order valence-corrected chi connectivity index (χ3v) is 7.64. The second kappa shape index (κ2) is 9.47. The molecule has 3 aliphatic heterocycles. The SMILES string of the molecule is C[C@@H](c1cc2cccc(C#Cc3cnn4c3C[C@@H](O)C4)c2c(=O)n1-c1ccccc1)N1C(N)C=C2N=CC=CN21. The van der Waals surface area contributed by atoms with Crippen LogP contribution in [0.5, 0.6) is 0 Å². The average molecular weight is 530 g/mol. The number of hydrogen-bond donors (Lipinski definition) is 2. The molecule has 0 amide bonds. The maximum atomic E-state index is 14.4. The highest BCUT2D eigenvalue weighted by molar-refractivity contribution is 5.88. The van der Waals surface area contributed by atoms with Crippen molar-refractivity contribution in [1.29, 1.82) is 0 Å². The molecule has 0 bridgehead atoms. The summed E-state index contributed by atoms with van der Waals surface area (Å²) in [5, 5.41) is 19.7. The molecule has 3 aliphatic rings. The molecule has 0 aliphatic carbocycles. The number of hydrazine groups is 1. The van der Waals surface area contributed by atoms with Crippen LogP contribution in [0.3, 0.4) is 0 Å². The minimum absolute atomic E-state index is 0.153. The molecule has 3 N–H and O–H groups in total. The van der Waals surface area contributed by atoms with Crippen LogP contribution in [0, 0.1) is 11.8 Å². The molecule has 1 unspecified atom stereocenters. The first-order valence-corrected chi connectivity index (χ1v) is 13.2. The molecule has 198 valence electrons. The Morgan fingerprint density at radius 2 is 1.93 bits per heavy atom. The fourth-order valence-electron chi connectivity index (χ4n) is 5.79. The zero-order valence-corrected chi connectivity index (χ0v) is 21.8. The summed E-state index contributed by atoms with van der Waals surface area (Å²) in [5.74, 6) is 7.20. The summed E-state index contributed by atoms with van der Waals surface area (Å²) in [5.41, 5.74) is 10.3. The lowest BCUT2D eigenvalue weighted by Crippen LogP contribution is -2.46. The number of nitrogens with two attached hydrogens (primary N) is 1. The lowest BCUT2D eigenvalue weighted by molar-refractivity contribution is 0.00656. The third-order valence-electron chi connectivity index (χ3n) is 7.64. The van der Waals surface area contributed by atoms with Crippen molar-refractivity contribution in [2.75, 3.05) is 0 Å². The van der Waals surface area contributed by atoms with Gasteiger partial charge in [-0.05, 0) is 48.7 Å². The van der Waals surface area contributed by atoms with Crippen LogP contribution in [0.2, 0.25) is 0 Å². The molecular weight excluding hydrogens is 502 g/mol. The van der Waals surface area contributed by atoms with Crippen molar-refractivity contribution in [2.45, 2.75) is 38.2 Å². The molecule has 0 saturated heterocycles. The second-order valence-electron chi connectivity index (χ2n) is 10.1. The predicted octanol–water partition coefficient (Wildman–Crippen LogP) is 2.82. The number of nitrogens with zero attached hydrogens (tertiary/aromatic N) is 6. The third kappa shape index (κ3) is 3.89. The van der Waals surface area contributed by atoms with Gasteiger partial charge in [0.25, 0.3) is 5.56 Å². The van der Waals surface area contributed by atoms with Gasteiger partial charge in [-0.25, -0.2) is 4.99 Å². The van der Waals surface area contributed by atoms with Crippen LogP contribution < -0.4 is 11.3 Å². The van der Waals surface area contributed by atoms with Crippen molar-refractivity contribution in [1.82, 2.24) is 24.4 Å². The van der Waals surface area contributed by atoms with Crippen molar-refractivity contribution >= 4 is 17.0 Å². The summed E-state index contributed by atoms with van der Waals surface area (Å²) in [7, 11) is 0. The number of aromatic nitrogens is 3. The van der Waals surface area contributed by atoms with Gasteiger partial charge < -0.3 is 10.8 Å². The monoisotopic (exact) mass is 529 g/mol. The Balaban J connectivity index is 1.38. The van der Waals surface area contributed by atoms with E-state index in [1.165, 1.54) is 0 Å². The van der Waals surface area contributed by atoms with E-state index in [-0.39, 0.29) is 11.6 Å². The molecule has 3 atom stereocenters. The number of fused-ring (bicyclic) bond motifs is 3. The number of pyridine rings is 1. The molecular formula is C31H27N7O2. The van der Waals surface area contributed by atoms with Crippen LogP contribution in [0.4, 0.5) is 0 Å². The lowest BCUT2D eigenvalue weighted by atomic mass is 10.0. The number of aliphatic imine (C=N–C) groups is 1. The molecule has 7 rings (SSSR count). The first kappa shape index (κ1) is 24.3. The minimum Gasteiger partial charge on any atom is -0.391 e. The van der Waals surface area contributed by atoms with E-state index in [1.807, 2.05) is 83.8 Å². The minimum atomic E-state index is -0.442. The van der Waals surface area contributed by atoms with Crippen molar-refractivity contribution in [3.8, 4) is 17.5 Å². The number of para-hydroxylation sites is 1. The smallest absolute Gasteiger partial charge is 0.264 e. The van der Waals surface area contributed by atoms with E-state index >= 15 is 0 Å². The number of hydrogen-bond acceptors (Lipinski definition) is 7. The fourth-order valence-corrected chi connectivity index (χ4v) is 5.79. The largest absolute Gasteiger partial charge is 0.391 e. The summed E-state index contributed by atoms with van der Waals surface area (Å²) in [6.45, 7) is 2.52. The van der Waals surface area contributed by atoms with Gasteiger partial charge >= 0.3 is 0 Å². The Bertz CT molecular complexity index is 1860. The molecule has 5 heterocycles. The zero-order chi connectivity index (χ0) is 27.4. The molecule has 0 fully saturated rings. The summed E-state index contributed by atoms with van der Waals surface area (Å²) >= 11 is 0. The van der Waals surface area contributed by atoms with E-state index < -0.39 is 12.3 Å². The van der Waals surface area contributed by atoms with Crippen LogP contribution in [0.15, 0.2) is 94.8 Å². The molecule has 0 saturated carbocycles. The Morgan fingerprint density at radius 1 is 1.10 bits per heavy atom. The Kier molecular flexibility index (Phi) is 5.75. The van der Waals surface area contributed by atoms with Crippen molar-refractivity contribution in [3.63, 3.8) is 0 Å². The van der Waals surface area contributed by atoms with Crippen LogP contribution in [-0.4, -0.2) is 48.0 Å². The van der Waals surface area contributed by atoms with Gasteiger partial charge in [0, 0.05) is 35.8 Å². The zero-order valence-electron chi connectivity index (χ0n) is 21.8. The van der Waals surface area contributed by atoms with E-state index in [1.54, 1.807) is 21.7 Å². The van der Waals surface area contributed by atoms with Gasteiger partial charge in [0.2, 0.25) is 0 Å². The van der Waals surface area contributed by atoms with Gasteiger partial charge in [0.1, 0.15) is 5.82 Å². The first-order valence-electron chi connectivity index (χ1n) is 13.2. The molecule has 0 radical (unpaired) electrons. The van der Waals surface area contributed by atoms with Crippen molar-refractivity contribution in [3.05, 3.63) is 118 Å². The molecule has 2 aromatic heterocycles. The van der Waals surface area contributed by atoms with Crippen molar-refractivity contribution < 1.29 is 5.11 Å². The molecule has 0 spiro atoms. The maximum absolute atomic E-state index is 14.4. The van der Waals surface area contributed by atoms with Gasteiger partial charge in [-0.1, -0.05) is 42.2 Å². The Labute approximate surface area is 230 Å². The quantitative estimate of drug-likeness (QED) is 0.396. The standard InChI is InChI=1S/C31H27N7O2/c1-20(38-28(32)17-29-33-13-6-14-36(29)38)26-15-22-8-5-7-21(11-12-23-18-34-35-19-25(39)16-27(23)35)30(22)31(40)37(26)24-9-3-2-4-10-24/h2-10,13-15,17-18,20,25,28,39H,16,19,32H2,1H3/t20-,25+,28?/m0/s1. The van der Waals surface area contributed by atoms with E-state index in [2.05, 4.69) is 28.0 Å². The van der Waals surface area contributed by atoms with E-state index in [4.69, 9.17) is 5.73 Å². The number of rotatable bonds is 3. The highest BCUT2D eigenvalue weighted by Crippen LogP contribution is 2.34. The number of aliphatic hydroxyl groups is 1. The van der Waals surface area contributed by atoms with Gasteiger partial charge in [0.05, 0.1) is 47.7 Å². The van der Waals surface area contributed by atoms with E-state index in [0.717, 1.165) is 33.8 Å². The van der Waals surface area contributed by atoms with Gasteiger partial charge in [-0.2, -0.15) is 10.1 Å². The maximum Gasteiger partial charge on any atom is 0.264 e. The molecule has 2 aromatic carbocycles. The molecule has 4 aromatic rings. The molecule has 9 heteroatoms. The van der Waals surface area contributed by atoms with E-state index in [0.29, 0.717) is 23.9 Å². The Hall–Kier alpha value is -4.75. The summed E-state index contributed by atoms with van der Waals surface area (Å²) in [6, 6.07) is 17.1. The van der Waals surface area contributed by atoms with Gasteiger partial charge in [-0.3, -0.25) is 19.1 Å². The fraction of sp³-hybridized carbons (Fsp3) is 0.194. The number of aliphatic hydroxyl groups excluding tert-OH is 1. The lowest BCUT2D eigenvalue weighted by Gasteiger charge is -2.37. The topological polar surface area (TPSA) is 105 Å². The predicted molar refractivity (Wildman–Crippen MR) is 153 cm³/mol. The van der Waals surface area contributed by atoms with Crippen LogP contribution in [0.1, 0.15) is 35.5 Å². The first-order chi connectivity index (χ1) is 19.5. The van der Waals surface area contributed by atoms with E-state index in [9.17, 15) is 9.90 Å².